The van der Waals surface area contributed by atoms with Crippen molar-refractivity contribution in [1.29, 1.82) is 0 Å². The number of amides is 2. The molecular weight excluding hydrogens is 390 g/mol. The highest BCUT2D eigenvalue weighted by molar-refractivity contribution is 6.29. The summed E-state index contributed by atoms with van der Waals surface area (Å²) in [5.74, 6) is -1.06. The molecule has 0 radical (unpaired) electrons. The minimum Gasteiger partial charge on any atom is -0.370 e. The fourth-order valence-electron chi connectivity index (χ4n) is 4.30. The van der Waals surface area contributed by atoms with Crippen LogP contribution in [0.5, 0.6) is 0 Å². The van der Waals surface area contributed by atoms with Gasteiger partial charge in [-0.25, -0.2) is 4.90 Å². The fourth-order valence-corrected chi connectivity index (χ4v) is 4.30. The monoisotopic (exact) mass is 420 g/mol. The summed E-state index contributed by atoms with van der Waals surface area (Å²) in [5, 5.41) is 0. The number of fused-ring (bicyclic) bond motifs is 1. The number of hydrogen-bond donors (Lipinski definition) is 1. The van der Waals surface area contributed by atoms with Crippen LogP contribution in [0, 0.1) is 13.8 Å². The molecule has 1 saturated heterocycles. The highest BCUT2D eigenvalue weighted by atomic mass is 16.5. The molecule has 2 amide bonds. The van der Waals surface area contributed by atoms with Crippen LogP contribution in [0.1, 0.15) is 39.4 Å². The first-order valence-corrected chi connectivity index (χ1v) is 11.0. The number of morpholine rings is 1. The van der Waals surface area contributed by atoms with Crippen molar-refractivity contribution in [1.82, 2.24) is 0 Å². The van der Waals surface area contributed by atoms with Crippen molar-refractivity contribution < 1.29 is 19.2 Å². The zero-order chi connectivity index (χ0) is 21.8. The lowest BCUT2D eigenvalue weighted by Crippen LogP contribution is -3.14. The molecule has 0 aromatic heterocycles. The molecule has 2 aromatic rings. The third kappa shape index (κ3) is 4.60. The second-order valence-electron chi connectivity index (χ2n) is 8.35. The van der Waals surface area contributed by atoms with Gasteiger partial charge in [-0.1, -0.05) is 30.3 Å². The van der Waals surface area contributed by atoms with E-state index in [4.69, 9.17) is 4.74 Å². The zero-order valence-corrected chi connectivity index (χ0v) is 18.3. The van der Waals surface area contributed by atoms with Crippen LogP contribution in [-0.4, -0.2) is 57.4 Å². The van der Waals surface area contributed by atoms with Gasteiger partial charge >= 0.3 is 0 Å². The van der Waals surface area contributed by atoms with Gasteiger partial charge in [0.2, 0.25) is 5.91 Å². The Morgan fingerprint density at radius 2 is 1.90 bits per heavy atom. The lowest BCUT2D eigenvalue weighted by atomic mass is 9.88. The summed E-state index contributed by atoms with van der Waals surface area (Å²) in [6.07, 6.45) is 2.70. The van der Waals surface area contributed by atoms with Crippen molar-refractivity contribution in [2.75, 3.05) is 44.3 Å². The van der Waals surface area contributed by atoms with Crippen LogP contribution in [0.4, 0.5) is 5.69 Å². The first-order chi connectivity index (χ1) is 15.1. The number of imide groups is 1. The van der Waals surface area contributed by atoms with Gasteiger partial charge in [0.15, 0.2) is 0 Å². The number of aliphatic imine (C=N–C) groups is 1. The van der Waals surface area contributed by atoms with E-state index in [2.05, 4.69) is 4.99 Å². The van der Waals surface area contributed by atoms with Gasteiger partial charge in [-0.15, -0.1) is 0 Å². The number of nitrogens with zero attached hydrogens (tertiary/aromatic N) is 2. The second-order valence-corrected chi connectivity index (χ2v) is 8.35. The predicted molar refractivity (Wildman–Crippen MR) is 121 cm³/mol. The Bertz CT molecular complexity index is 995. The maximum atomic E-state index is 13.5. The van der Waals surface area contributed by atoms with Gasteiger partial charge in [0.05, 0.1) is 31.4 Å². The molecule has 1 N–H and O–H groups in total. The summed E-state index contributed by atoms with van der Waals surface area (Å²) in [5.41, 5.74) is 3.87. The number of ether oxygens (including phenoxy) is 1. The molecule has 6 heteroatoms. The summed E-state index contributed by atoms with van der Waals surface area (Å²) < 4.78 is 5.40. The molecule has 2 heterocycles. The van der Waals surface area contributed by atoms with Crippen molar-refractivity contribution in [3.8, 4) is 0 Å². The molecule has 1 fully saturated rings. The topological polar surface area (TPSA) is 63.4 Å². The number of anilines is 1. The molecule has 6 nitrogen and oxygen atoms in total. The number of hydrogen-bond acceptors (Lipinski definition) is 4. The van der Waals surface area contributed by atoms with Crippen molar-refractivity contribution in [3.63, 3.8) is 0 Å². The summed E-state index contributed by atoms with van der Waals surface area (Å²) in [6, 6.07) is 13.2. The molecule has 2 aliphatic rings. The van der Waals surface area contributed by atoms with E-state index >= 15 is 0 Å². The van der Waals surface area contributed by atoms with Gasteiger partial charge in [0.25, 0.3) is 5.91 Å². The molecular formula is C25H30N3O3+. The first-order valence-electron chi connectivity index (χ1n) is 11.0. The van der Waals surface area contributed by atoms with E-state index in [0.717, 1.165) is 56.0 Å². The van der Waals surface area contributed by atoms with Crippen LogP contribution in [0.15, 0.2) is 47.5 Å². The molecule has 0 aliphatic carbocycles. The van der Waals surface area contributed by atoms with Crippen molar-refractivity contribution in [2.45, 2.75) is 26.2 Å². The number of benzene rings is 2. The quantitative estimate of drug-likeness (QED) is 0.441. The molecule has 0 bridgehead atoms. The molecule has 0 unspecified atom stereocenters. The number of carbonyl (C=O) groups is 2. The summed E-state index contributed by atoms with van der Waals surface area (Å²) in [7, 11) is 0. The van der Waals surface area contributed by atoms with Gasteiger partial charge < -0.3 is 9.64 Å². The Hall–Kier alpha value is -2.83. The summed E-state index contributed by atoms with van der Waals surface area (Å²) in [6.45, 7) is 9.37. The maximum absolute atomic E-state index is 13.5. The second kappa shape index (κ2) is 9.54. The standard InChI is InChI=1S/C25H29N3O3/c1-18-8-9-19(2)23(16-18)28-24(29)21-7-4-3-6-20(21)22(25(28)30)17-26-10-5-11-27-12-14-31-15-13-27/h3-4,6-9,16-17,22H,5,10-15H2,1-2H3/p+1/t22-/m1/s1. The van der Waals surface area contributed by atoms with E-state index in [-0.39, 0.29) is 11.8 Å². The predicted octanol–water partition coefficient (Wildman–Crippen LogP) is 1.95. The number of quaternary nitrogens is 1. The SMILES string of the molecule is Cc1ccc(C)c(N2C(=O)c3ccccc3[C@@H](C=NCCC[NH+]3CCOCC3)C2=O)c1. The average Bonchev–Trinajstić information content (AvgIpc) is 2.78. The molecule has 162 valence electrons. The largest absolute Gasteiger partial charge is 0.370 e. The van der Waals surface area contributed by atoms with Gasteiger partial charge in [-0.05, 0) is 42.7 Å². The minimum atomic E-state index is -0.551. The van der Waals surface area contributed by atoms with E-state index < -0.39 is 5.92 Å². The van der Waals surface area contributed by atoms with E-state index in [0.29, 0.717) is 17.8 Å². The van der Waals surface area contributed by atoms with Crippen LogP contribution in [-0.2, 0) is 9.53 Å². The number of nitrogens with one attached hydrogen (secondary N) is 1. The molecule has 0 spiro atoms. The number of rotatable bonds is 6. The van der Waals surface area contributed by atoms with E-state index in [1.807, 2.05) is 50.2 Å². The van der Waals surface area contributed by atoms with Crippen LogP contribution in [0.25, 0.3) is 0 Å². The fraction of sp³-hybridized carbons (Fsp3) is 0.400. The van der Waals surface area contributed by atoms with Gasteiger partial charge in [0, 0.05) is 24.7 Å². The Kier molecular flexibility index (Phi) is 6.59. The normalized spacial score (nSPS) is 19.8. The van der Waals surface area contributed by atoms with Crippen molar-refractivity contribution in [2.24, 2.45) is 4.99 Å². The summed E-state index contributed by atoms with van der Waals surface area (Å²) >= 11 is 0. The third-order valence-electron chi connectivity index (χ3n) is 6.09. The lowest BCUT2D eigenvalue weighted by Gasteiger charge is -2.32. The highest BCUT2D eigenvalue weighted by Gasteiger charge is 2.39. The minimum absolute atomic E-state index is 0.236. The molecule has 2 aromatic carbocycles. The Morgan fingerprint density at radius 1 is 1.13 bits per heavy atom. The number of carbonyl (C=O) groups excluding carboxylic acids is 2. The summed E-state index contributed by atoms with van der Waals surface area (Å²) in [4.78, 5) is 34.2. The van der Waals surface area contributed by atoms with E-state index in [1.54, 1.807) is 17.2 Å². The van der Waals surface area contributed by atoms with Crippen LogP contribution in [0.3, 0.4) is 0 Å². The molecule has 4 rings (SSSR count). The Morgan fingerprint density at radius 3 is 2.71 bits per heavy atom. The average molecular weight is 421 g/mol. The van der Waals surface area contributed by atoms with Gasteiger partial charge in [-0.2, -0.15) is 0 Å². The lowest BCUT2D eigenvalue weighted by molar-refractivity contribution is -0.908. The van der Waals surface area contributed by atoms with Gasteiger partial charge in [-0.3, -0.25) is 14.6 Å². The maximum Gasteiger partial charge on any atom is 0.265 e. The smallest absolute Gasteiger partial charge is 0.265 e. The zero-order valence-electron chi connectivity index (χ0n) is 18.3. The Balaban J connectivity index is 1.54. The number of aryl methyl sites for hydroxylation is 2. The molecule has 2 aliphatic heterocycles. The van der Waals surface area contributed by atoms with E-state index in [9.17, 15) is 9.59 Å². The first kappa shape index (κ1) is 21.4. The van der Waals surface area contributed by atoms with Crippen LogP contribution >= 0.6 is 0 Å². The van der Waals surface area contributed by atoms with Crippen molar-refractivity contribution >= 4 is 23.7 Å². The van der Waals surface area contributed by atoms with Gasteiger partial charge in [0.1, 0.15) is 13.1 Å². The molecule has 0 saturated carbocycles. The Labute approximate surface area is 183 Å². The third-order valence-corrected chi connectivity index (χ3v) is 6.09. The van der Waals surface area contributed by atoms with Crippen LogP contribution < -0.4 is 9.80 Å². The molecule has 1 atom stereocenters. The van der Waals surface area contributed by atoms with E-state index in [1.165, 1.54) is 4.90 Å². The molecule has 31 heavy (non-hydrogen) atoms. The van der Waals surface area contributed by atoms with Crippen molar-refractivity contribution in [3.05, 3.63) is 64.7 Å². The highest BCUT2D eigenvalue weighted by Crippen LogP contribution is 2.33. The van der Waals surface area contributed by atoms with Crippen LogP contribution in [0.2, 0.25) is 0 Å².